The van der Waals surface area contributed by atoms with Gasteiger partial charge in [-0.15, -0.1) is 0 Å². The van der Waals surface area contributed by atoms with E-state index in [-0.39, 0.29) is 12.0 Å². The van der Waals surface area contributed by atoms with Crippen LogP contribution in [0.25, 0.3) is 0 Å². The van der Waals surface area contributed by atoms with E-state index in [9.17, 15) is 9.59 Å². The van der Waals surface area contributed by atoms with Crippen molar-refractivity contribution in [1.82, 2.24) is 9.97 Å². The summed E-state index contributed by atoms with van der Waals surface area (Å²) in [4.78, 5) is 29.9. The van der Waals surface area contributed by atoms with Gasteiger partial charge in [-0.25, -0.2) is 4.98 Å². The van der Waals surface area contributed by atoms with Gasteiger partial charge in [0, 0.05) is 11.8 Å². The van der Waals surface area contributed by atoms with Crippen LogP contribution < -0.4 is 5.56 Å². The van der Waals surface area contributed by atoms with E-state index >= 15 is 0 Å². The van der Waals surface area contributed by atoms with Gasteiger partial charge in [0.05, 0.1) is 19.2 Å². The maximum absolute atomic E-state index is 11.7. The van der Waals surface area contributed by atoms with E-state index in [0.717, 1.165) is 5.56 Å². The van der Waals surface area contributed by atoms with Gasteiger partial charge >= 0.3 is 5.97 Å². The first-order valence-corrected chi connectivity index (χ1v) is 8.35. The number of nitrogens with one attached hydrogen (secondary N) is 1. The molecular weight excluding hydrogens is 312 g/mol. The van der Waals surface area contributed by atoms with Crippen LogP contribution >= 0.6 is 11.8 Å². The first kappa shape index (κ1) is 17.3. The fourth-order valence-corrected chi connectivity index (χ4v) is 2.86. The Kier molecular flexibility index (Phi) is 5.98. The van der Waals surface area contributed by atoms with Crippen LogP contribution in [-0.2, 0) is 21.7 Å². The molecule has 0 fully saturated rings. The van der Waals surface area contributed by atoms with E-state index in [1.165, 1.54) is 30.5 Å². The molecule has 0 atom stereocenters. The van der Waals surface area contributed by atoms with Crippen LogP contribution in [-0.4, -0.2) is 23.0 Å². The lowest BCUT2D eigenvalue weighted by molar-refractivity contribution is -0.139. The number of hydrogen-bond donors (Lipinski definition) is 1. The number of nitrogens with zero attached hydrogens (tertiary/aromatic N) is 1. The van der Waals surface area contributed by atoms with Gasteiger partial charge in [0.25, 0.3) is 5.56 Å². The van der Waals surface area contributed by atoms with Crippen molar-refractivity contribution in [3.8, 4) is 0 Å². The third-order valence-corrected chi connectivity index (χ3v) is 4.29. The Morgan fingerprint density at radius 1 is 1.30 bits per heavy atom. The molecule has 2 aromatic rings. The third kappa shape index (κ3) is 5.25. The van der Waals surface area contributed by atoms with Crippen molar-refractivity contribution < 1.29 is 9.53 Å². The maximum Gasteiger partial charge on any atom is 0.311 e. The molecule has 6 heteroatoms. The minimum absolute atomic E-state index is 0.00291. The van der Waals surface area contributed by atoms with E-state index in [1.807, 2.05) is 0 Å². The number of carbonyl (C=O) groups excluding carboxylic acids is 1. The molecule has 0 radical (unpaired) electrons. The summed E-state index contributed by atoms with van der Waals surface area (Å²) in [5.41, 5.74) is 2.60. The Balaban J connectivity index is 2.05. The van der Waals surface area contributed by atoms with Crippen molar-refractivity contribution in [3.05, 3.63) is 57.5 Å². The number of esters is 1. The highest BCUT2D eigenvalue weighted by atomic mass is 32.2. The molecule has 1 heterocycles. The number of hydrogen-bond acceptors (Lipinski definition) is 5. The molecule has 122 valence electrons. The highest BCUT2D eigenvalue weighted by Crippen LogP contribution is 2.21. The zero-order valence-corrected chi connectivity index (χ0v) is 14.3. The third-order valence-electron chi connectivity index (χ3n) is 3.35. The van der Waals surface area contributed by atoms with Crippen molar-refractivity contribution >= 4 is 17.7 Å². The molecule has 0 unspecified atom stereocenters. The second-order valence-electron chi connectivity index (χ2n) is 5.48. The number of benzene rings is 1. The van der Waals surface area contributed by atoms with E-state index in [2.05, 4.69) is 52.8 Å². The zero-order valence-electron chi connectivity index (χ0n) is 13.5. The lowest BCUT2D eigenvalue weighted by Crippen LogP contribution is -2.13. The van der Waals surface area contributed by atoms with Crippen molar-refractivity contribution in [2.75, 3.05) is 7.11 Å². The molecule has 0 spiro atoms. The van der Waals surface area contributed by atoms with Crippen LogP contribution in [0.3, 0.4) is 0 Å². The molecule has 1 N–H and O–H groups in total. The van der Waals surface area contributed by atoms with Gasteiger partial charge in [-0.1, -0.05) is 49.9 Å². The summed E-state index contributed by atoms with van der Waals surface area (Å²) in [6.45, 7) is 4.32. The molecule has 0 aliphatic rings. The predicted molar refractivity (Wildman–Crippen MR) is 90.7 cm³/mol. The average molecular weight is 332 g/mol. The molecular formula is C17H20N2O3S. The van der Waals surface area contributed by atoms with Crippen LogP contribution in [0.15, 0.2) is 40.3 Å². The molecule has 1 aromatic heterocycles. The molecule has 2 rings (SSSR count). The predicted octanol–water partition coefficient (Wildman–Crippen LogP) is 2.90. The second-order valence-corrected chi connectivity index (χ2v) is 6.44. The minimum atomic E-state index is -0.414. The van der Waals surface area contributed by atoms with E-state index in [1.54, 1.807) is 0 Å². The molecule has 0 aliphatic carbocycles. The van der Waals surface area contributed by atoms with Gasteiger partial charge in [-0.2, -0.15) is 0 Å². The highest BCUT2D eigenvalue weighted by molar-refractivity contribution is 7.98. The van der Waals surface area contributed by atoms with Gasteiger partial charge in [0.2, 0.25) is 0 Å². The largest absolute Gasteiger partial charge is 0.469 e. The van der Waals surface area contributed by atoms with Crippen molar-refractivity contribution in [2.24, 2.45) is 0 Å². The van der Waals surface area contributed by atoms with E-state index < -0.39 is 5.97 Å². The molecule has 23 heavy (non-hydrogen) atoms. The van der Waals surface area contributed by atoms with Crippen molar-refractivity contribution in [1.29, 1.82) is 0 Å². The molecule has 0 aliphatic heterocycles. The van der Waals surface area contributed by atoms with Gasteiger partial charge in [0.1, 0.15) is 0 Å². The topological polar surface area (TPSA) is 72.1 Å². The van der Waals surface area contributed by atoms with Crippen LogP contribution in [0, 0.1) is 0 Å². The molecule has 0 saturated carbocycles. The van der Waals surface area contributed by atoms with Crippen molar-refractivity contribution in [3.63, 3.8) is 0 Å². The Hall–Kier alpha value is -2.08. The molecule has 5 nitrogen and oxygen atoms in total. The Morgan fingerprint density at radius 3 is 2.61 bits per heavy atom. The fourth-order valence-electron chi connectivity index (χ4n) is 2.01. The van der Waals surface area contributed by atoms with Gasteiger partial charge < -0.3 is 9.72 Å². The smallest absolute Gasteiger partial charge is 0.311 e. The summed E-state index contributed by atoms with van der Waals surface area (Å²) in [6.07, 6.45) is -0.00291. The Bertz CT molecular complexity index is 723. The van der Waals surface area contributed by atoms with E-state index in [4.69, 9.17) is 0 Å². The first-order valence-electron chi connectivity index (χ1n) is 7.36. The number of methoxy groups -OCH3 is 1. The number of thioether (sulfide) groups is 1. The summed E-state index contributed by atoms with van der Waals surface area (Å²) in [6, 6.07) is 9.71. The summed E-state index contributed by atoms with van der Waals surface area (Å²) < 4.78 is 4.60. The average Bonchev–Trinajstić information content (AvgIpc) is 2.52. The summed E-state index contributed by atoms with van der Waals surface area (Å²) in [5, 5.41) is 0.504. The number of aromatic nitrogens is 2. The van der Waals surface area contributed by atoms with Gasteiger partial charge in [-0.05, 0) is 17.0 Å². The molecule has 0 amide bonds. The number of ether oxygens (including phenoxy) is 1. The fraction of sp³-hybridized carbons (Fsp3) is 0.353. The molecule has 0 saturated heterocycles. The van der Waals surface area contributed by atoms with Crippen molar-refractivity contribution in [2.45, 2.75) is 37.1 Å². The van der Waals surface area contributed by atoms with Crippen LogP contribution in [0.4, 0.5) is 0 Å². The van der Waals surface area contributed by atoms with Crippen LogP contribution in [0.5, 0.6) is 0 Å². The first-order chi connectivity index (χ1) is 11.0. The molecule has 0 bridgehead atoms. The SMILES string of the molecule is COC(=O)Cc1cc(=O)[nH]c(SCc2ccc(C(C)C)cc2)n1. The number of aromatic amines is 1. The Morgan fingerprint density at radius 2 is 2.00 bits per heavy atom. The van der Waals surface area contributed by atoms with Gasteiger partial charge in [-0.3, -0.25) is 9.59 Å². The number of H-pyrrole nitrogens is 1. The lowest BCUT2D eigenvalue weighted by atomic mass is 10.0. The van der Waals surface area contributed by atoms with Gasteiger partial charge in [0.15, 0.2) is 5.16 Å². The second kappa shape index (κ2) is 7.97. The quantitative estimate of drug-likeness (QED) is 0.500. The van der Waals surface area contributed by atoms with E-state index in [0.29, 0.717) is 22.5 Å². The standard InChI is InChI=1S/C17H20N2O3S/c1-11(2)13-6-4-12(5-7-13)10-23-17-18-14(8-15(20)19-17)9-16(21)22-3/h4-8,11H,9-10H2,1-3H3,(H,18,19,20). The van der Waals surface area contributed by atoms with Crippen LogP contribution in [0.2, 0.25) is 0 Å². The summed E-state index contributed by atoms with van der Waals surface area (Å²) >= 11 is 1.43. The zero-order chi connectivity index (χ0) is 16.8. The minimum Gasteiger partial charge on any atom is -0.469 e. The maximum atomic E-state index is 11.7. The summed E-state index contributed by atoms with van der Waals surface area (Å²) in [5.74, 6) is 0.788. The Labute approximate surface area is 139 Å². The highest BCUT2D eigenvalue weighted by Gasteiger charge is 2.08. The molecule has 1 aromatic carbocycles. The van der Waals surface area contributed by atoms with Crippen LogP contribution in [0.1, 0.15) is 36.6 Å². The summed E-state index contributed by atoms with van der Waals surface area (Å²) in [7, 11) is 1.31. The number of carbonyl (C=O) groups is 1. The monoisotopic (exact) mass is 332 g/mol. The normalized spacial score (nSPS) is 10.8. The lowest BCUT2D eigenvalue weighted by Gasteiger charge is -2.07. The number of rotatable bonds is 6.